The third kappa shape index (κ3) is 2.81. The first-order valence-electron chi connectivity index (χ1n) is 9.37. The number of nitrogens with one attached hydrogen (secondary N) is 1. The summed E-state index contributed by atoms with van der Waals surface area (Å²) in [5, 5.41) is 7.35. The summed E-state index contributed by atoms with van der Waals surface area (Å²) in [5.74, 6) is 1.49. The van der Waals surface area contributed by atoms with Crippen LogP contribution in [0.4, 0.5) is 5.69 Å². The molecular formula is C20H20N4O4. The van der Waals surface area contributed by atoms with Crippen molar-refractivity contribution in [1.82, 2.24) is 14.2 Å². The van der Waals surface area contributed by atoms with Gasteiger partial charge in [-0.3, -0.25) is 9.59 Å². The zero-order chi connectivity index (χ0) is 19.3. The fourth-order valence-corrected chi connectivity index (χ4v) is 3.90. The molecule has 0 saturated heterocycles. The number of rotatable bonds is 3. The van der Waals surface area contributed by atoms with Gasteiger partial charge in [0.25, 0.3) is 5.56 Å². The van der Waals surface area contributed by atoms with Gasteiger partial charge in [0.2, 0.25) is 12.7 Å². The van der Waals surface area contributed by atoms with E-state index in [0.29, 0.717) is 28.6 Å². The van der Waals surface area contributed by atoms with Gasteiger partial charge in [-0.05, 0) is 37.3 Å². The molecule has 3 heterocycles. The standard InChI is InChI=1S/C20H20N4O4/c1-12-2-4-15-14(8-12)19-20(26)23(6-7-24(19)22-15)10-18(25)21-13-3-5-16-17(9-13)28-11-27-16/h3,5-7,9,12H,2,4,8,10-11H2,1H3,(H,21,25)/t12-/m1/s1. The number of carbonyl (C=O) groups excluding carboxylic acids is 1. The Morgan fingerprint density at radius 3 is 3.04 bits per heavy atom. The third-order valence-corrected chi connectivity index (χ3v) is 5.34. The Balaban J connectivity index is 1.40. The van der Waals surface area contributed by atoms with Crippen LogP contribution in [0.2, 0.25) is 0 Å². The highest BCUT2D eigenvalue weighted by molar-refractivity contribution is 5.91. The highest BCUT2D eigenvalue weighted by Crippen LogP contribution is 2.34. The fraction of sp³-hybridized carbons (Fsp3) is 0.350. The lowest BCUT2D eigenvalue weighted by atomic mass is 9.88. The second kappa shape index (κ2) is 6.40. The smallest absolute Gasteiger partial charge is 0.277 e. The first-order valence-corrected chi connectivity index (χ1v) is 9.37. The number of aromatic nitrogens is 3. The number of ether oxygens (including phenoxy) is 2. The molecule has 1 N–H and O–H groups in total. The van der Waals surface area contributed by atoms with E-state index in [4.69, 9.17) is 9.47 Å². The van der Waals surface area contributed by atoms with Crippen LogP contribution in [0.15, 0.2) is 35.4 Å². The monoisotopic (exact) mass is 380 g/mol. The van der Waals surface area contributed by atoms with Crippen molar-refractivity contribution in [2.75, 3.05) is 12.1 Å². The molecule has 2 aromatic heterocycles. The molecule has 3 aromatic rings. The van der Waals surface area contributed by atoms with Gasteiger partial charge in [0, 0.05) is 29.7 Å². The number of benzene rings is 1. The number of aryl methyl sites for hydroxylation is 1. The van der Waals surface area contributed by atoms with E-state index >= 15 is 0 Å². The van der Waals surface area contributed by atoms with E-state index in [2.05, 4.69) is 17.3 Å². The molecule has 8 heteroatoms. The molecule has 0 saturated carbocycles. The normalized spacial score (nSPS) is 17.5. The van der Waals surface area contributed by atoms with Gasteiger partial charge in [-0.15, -0.1) is 0 Å². The summed E-state index contributed by atoms with van der Waals surface area (Å²) >= 11 is 0. The number of nitrogens with zero attached hydrogens (tertiary/aromatic N) is 3. The molecular weight excluding hydrogens is 360 g/mol. The number of amides is 1. The van der Waals surface area contributed by atoms with Gasteiger partial charge in [-0.25, -0.2) is 4.52 Å². The van der Waals surface area contributed by atoms with Gasteiger partial charge in [0.05, 0.1) is 5.69 Å². The lowest BCUT2D eigenvalue weighted by Gasteiger charge is -2.16. The maximum Gasteiger partial charge on any atom is 0.277 e. The van der Waals surface area contributed by atoms with Crippen LogP contribution in [-0.2, 0) is 24.2 Å². The Hall–Kier alpha value is -3.29. The Labute approximate surface area is 160 Å². The molecule has 1 aliphatic heterocycles. The lowest BCUT2D eigenvalue weighted by molar-refractivity contribution is -0.116. The molecule has 0 radical (unpaired) electrons. The van der Waals surface area contributed by atoms with Crippen LogP contribution in [0.5, 0.6) is 11.5 Å². The summed E-state index contributed by atoms with van der Waals surface area (Å²) in [7, 11) is 0. The van der Waals surface area contributed by atoms with Crippen molar-refractivity contribution in [3.63, 3.8) is 0 Å². The molecule has 0 unspecified atom stereocenters. The van der Waals surface area contributed by atoms with E-state index in [1.807, 2.05) is 0 Å². The number of carbonyl (C=O) groups is 1. The van der Waals surface area contributed by atoms with Crippen molar-refractivity contribution >= 4 is 17.1 Å². The van der Waals surface area contributed by atoms with Crippen molar-refractivity contribution in [3.8, 4) is 11.5 Å². The van der Waals surface area contributed by atoms with E-state index < -0.39 is 0 Å². The number of fused-ring (bicyclic) bond motifs is 4. The molecule has 28 heavy (non-hydrogen) atoms. The van der Waals surface area contributed by atoms with Crippen LogP contribution >= 0.6 is 0 Å². The van der Waals surface area contributed by atoms with E-state index in [9.17, 15) is 9.59 Å². The fourth-order valence-electron chi connectivity index (χ4n) is 3.90. The van der Waals surface area contributed by atoms with Crippen LogP contribution in [0.3, 0.4) is 0 Å². The number of anilines is 1. The second-order valence-corrected chi connectivity index (χ2v) is 7.41. The molecule has 0 spiro atoms. The summed E-state index contributed by atoms with van der Waals surface area (Å²) in [4.78, 5) is 25.5. The zero-order valence-electron chi connectivity index (χ0n) is 15.5. The van der Waals surface area contributed by atoms with Crippen LogP contribution in [0.1, 0.15) is 24.6 Å². The summed E-state index contributed by atoms with van der Waals surface area (Å²) in [6.45, 7) is 2.29. The largest absolute Gasteiger partial charge is 0.454 e. The number of hydrogen-bond acceptors (Lipinski definition) is 5. The minimum Gasteiger partial charge on any atom is -0.454 e. The summed E-state index contributed by atoms with van der Waals surface area (Å²) < 4.78 is 13.7. The van der Waals surface area contributed by atoms with Crippen LogP contribution in [0, 0.1) is 5.92 Å². The van der Waals surface area contributed by atoms with Gasteiger partial charge in [0.15, 0.2) is 11.5 Å². The van der Waals surface area contributed by atoms with E-state index in [1.165, 1.54) is 4.57 Å². The lowest BCUT2D eigenvalue weighted by Crippen LogP contribution is -2.28. The molecule has 2 aliphatic rings. The van der Waals surface area contributed by atoms with Crippen molar-refractivity contribution in [2.24, 2.45) is 5.92 Å². The van der Waals surface area contributed by atoms with Crippen molar-refractivity contribution in [3.05, 3.63) is 52.2 Å². The first-order chi connectivity index (χ1) is 13.6. The Morgan fingerprint density at radius 1 is 1.29 bits per heavy atom. The van der Waals surface area contributed by atoms with E-state index in [1.54, 1.807) is 35.1 Å². The molecule has 5 rings (SSSR count). The predicted molar refractivity (Wildman–Crippen MR) is 102 cm³/mol. The molecule has 1 aliphatic carbocycles. The SMILES string of the molecule is C[C@@H]1CCc2nn3ccn(CC(=O)Nc4ccc5c(c4)OCO5)c(=O)c3c2C1. The van der Waals surface area contributed by atoms with Crippen LogP contribution in [-0.4, -0.2) is 26.9 Å². The Bertz CT molecular complexity index is 1150. The molecule has 1 aromatic carbocycles. The van der Waals surface area contributed by atoms with Gasteiger partial charge < -0.3 is 19.4 Å². The summed E-state index contributed by atoms with van der Waals surface area (Å²) in [5.41, 5.74) is 3.01. The minimum atomic E-state index is -0.285. The molecule has 0 bridgehead atoms. The molecule has 144 valence electrons. The quantitative estimate of drug-likeness (QED) is 0.751. The Morgan fingerprint density at radius 2 is 2.14 bits per heavy atom. The van der Waals surface area contributed by atoms with Crippen molar-refractivity contribution in [1.29, 1.82) is 0 Å². The predicted octanol–water partition coefficient (Wildman–Crippen LogP) is 1.99. The molecule has 1 atom stereocenters. The van der Waals surface area contributed by atoms with E-state index in [-0.39, 0.29) is 24.8 Å². The summed E-state index contributed by atoms with van der Waals surface area (Å²) in [6, 6.07) is 5.20. The second-order valence-electron chi connectivity index (χ2n) is 7.41. The van der Waals surface area contributed by atoms with Gasteiger partial charge >= 0.3 is 0 Å². The van der Waals surface area contributed by atoms with Gasteiger partial charge in [-0.1, -0.05) is 6.92 Å². The van der Waals surface area contributed by atoms with E-state index in [0.717, 1.165) is 30.5 Å². The zero-order valence-corrected chi connectivity index (χ0v) is 15.5. The Kier molecular flexibility index (Phi) is 3.85. The highest BCUT2D eigenvalue weighted by Gasteiger charge is 2.23. The average molecular weight is 380 g/mol. The third-order valence-electron chi connectivity index (χ3n) is 5.34. The first kappa shape index (κ1) is 16.9. The number of hydrogen-bond donors (Lipinski definition) is 1. The maximum atomic E-state index is 13.0. The molecule has 0 fully saturated rings. The maximum absolute atomic E-state index is 13.0. The summed E-state index contributed by atoms with van der Waals surface area (Å²) in [6.07, 6.45) is 6.18. The molecule has 8 nitrogen and oxygen atoms in total. The van der Waals surface area contributed by atoms with Gasteiger partial charge in [0.1, 0.15) is 12.1 Å². The van der Waals surface area contributed by atoms with Crippen LogP contribution < -0.4 is 20.3 Å². The van der Waals surface area contributed by atoms with Crippen molar-refractivity contribution < 1.29 is 14.3 Å². The molecule has 1 amide bonds. The topological polar surface area (TPSA) is 86.9 Å². The van der Waals surface area contributed by atoms with Gasteiger partial charge in [-0.2, -0.15) is 5.10 Å². The van der Waals surface area contributed by atoms with Crippen LogP contribution in [0.25, 0.3) is 5.52 Å². The highest BCUT2D eigenvalue weighted by atomic mass is 16.7. The average Bonchev–Trinajstić information content (AvgIpc) is 3.27. The van der Waals surface area contributed by atoms with Crippen molar-refractivity contribution in [2.45, 2.75) is 32.7 Å². The minimum absolute atomic E-state index is 0.0702.